The molecule has 8 rings (SSSR count). The maximum atomic E-state index is 11.7. The topological polar surface area (TPSA) is 41.8 Å². The van der Waals surface area contributed by atoms with E-state index >= 15 is 0 Å². The number of aromatic hydroxyl groups is 1. The number of hydrogen-bond acceptors (Lipinski definition) is 3. The molecule has 0 unspecified atom stereocenters. The van der Waals surface area contributed by atoms with Crippen molar-refractivity contribution in [2.75, 3.05) is 7.11 Å². The van der Waals surface area contributed by atoms with Crippen LogP contribution in [0.3, 0.4) is 0 Å². The first-order valence-electron chi connectivity index (χ1n) is 14.7. The van der Waals surface area contributed by atoms with Gasteiger partial charge in [0.25, 0.3) is 0 Å². The van der Waals surface area contributed by atoms with Crippen LogP contribution in [0.2, 0.25) is 0 Å². The van der Waals surface area contributed by atoms with Crippen molar-refractivity contribution in [2.45, 2.75) is 50.9 Å². The van der Waals surface area contributed by atoms with Crippen molar-refractivity contribution in [1.82, 2.24) is 0 Å². The Kier molecular flexibility index (Phi) is 6.26. The molecule has 0 saturated heterocycles. The summed E-state index contributed by atoms with van der Waals surface area (Å²) in [5.74, 6) is 3.72. The average Bonchev–Trinajstić information content (AvgIpc) is 2.97. The van der Waals surface area contributed by atoms with E-state index in [0.717, 1.165) is 62.6 Å². The number of phenolic OH excluding ortho intramolecular Hbond substituents is 1. The van der Waals surface area contributed by atoms with E-state index in [2.05, 4.69) is 67.6 Å². The Hall–Kier alpha value is -3.85. The van der Waals surface area contributed by atoms with Gasteiger partial charge in [-0.2, -0.15) is 0 Å². The Labute approximate surface area is 237 Å². The maximum absolute atomic E-state index is 11.7. The predicted molar refractivity (Wildman–Crippen MR) is 164 cm³/mol. The Morgan fingerprint density at radius 1 is 0.775 bits per heavy atom. The summed E-state index contributed by atoms with van der Waals surface area (Å²) >= 11 is 0. The van der Waals surface area contributed by atoms with Crippen LogP contribution in [0.4, 0.5) is 5.69 Å². The number of para-hydroxylation sites is 1. The number of aliphatic imine (C=N–C) groups is 1. The second-order valence-electron chi connectivity index (χ2n) is 12.5. The summed E-state index contributed by atoms with van der Waals surface area (Å²) in [6.45, 7) is 2.15. The number of hydrogen-bond donors (Lipinski definition) is 1. The Bertz CT molecular complexity index is 1550. The van der Waals surface area contributed by atoms with Crippen molar-refractivity contribution in [1.29, 1.82) is 0 Å². The number of rotatable bonds is 6. The molecule has 4 aromatic rings. The van der Waals surface area contributed by atoms with Crippen LogP contribution in [0.5, 0.6) is 11.5 Å². The molecule has 4 aliphatic carbocycles. The van der Waals surface area contributed by atoms with E-state index < -0.39 is 0 Å². The van der Waals surface area contributed by atoms with Gasteiger partial charge in [0.2, 0.25) is 0 Å². The molecular formula is C37H37NO2. The lowest BCUT2D eigenvalue weighted by Crippen LogP contribution is -2.48. The van der Waals surface area contributed by atoms with Gasteiger partial charge in [-0.05, 0) is 110 Å². The summed E-state index contributed by atoms with van der Waals surface area (Å²) in [6.07, 6.45) is 9.73. The van der Waals surface area contributed by atoms with Crippen molar-refractivity contribution < 1.29 is 9.84 Å². The van der Waals surface area contributed by atoms with Crippen molar-refractivity contribution >= 4 is 11.9 Å². The minimum Gasteiger partial charge on any atom is -0.507 e. The number of methoxy groups -OCH3 is 1. The van der Waals surface area contributed by atoms with E-state index in [4.69, 9.17) is 9.73 Å². The number of benzene rings is 4. The van der Waals surface area contributed by atoms with Gasteiger partial charge < -0.3 is 9.84 Å². The molecule has 0 amide bonds. The fourth-order valence-electron chi connectivity index (χ4n) is 8.43. The van der Waals surface area contributed by atoms with E-state index in [1.165, 1.54) is 44.1 Å². The van der Waals surface area contributed by atoms with E-state index in [0.29, 0.717) is 5.75 Å². The van der Waals surface area contributed by atoms with Gasteiger partial charge in [-0.1, -0.05) is 60.7 Å². The number of ether oxygens (including phenoxy) is 1. The molecule has 4 aliphatic rings. The van der Waals surface area contributed by atoms with Gasteiger partial charge in [-0.15, -0.1) is 0 Å². The number of phenols is 1. The molecule has 4 bridgehead atoms. The number of nitrogens with zero attached hydrogens (tertiary/aromatic N) is 1. The quantitative estimate of drug-likeness (QED) is 0.254. The second kappa shape index (κ2) is 9.96. The normalized spacial score (nSPS) is 25.0. The first-order chi connectivity index (χ1) is 19.5. The van der Waals surface area contributed by atoms with E-state index in [-0.39, 0.29) is 5.41 Å². The highest BCUT2D eigenvalue weighted by Crippen LogP contribution is 2.62. The molecular weight excluding hydrogens is 490 g/mol. The van der Waals surface area contributed by atoms with E-state index in [1.54, 1.807) is 7.11 Å². The molecule has 0 radical (unpaired) electrons. The highest BCUT2D eigenvalue weighted by atomic mass is 16.5. The molecule has 4 fully saturated rings. The molecule has 4 aromatic carbocycles. The molecule has 0 aliphatic heterocycles. The van der Waals surface area contributed by atoms with Crippen molar-refractivity contribution in [3.63, 3.8) is 0 Å². The molecule has 3 heteroatoms. The molecule has 0 aromatic heterocycles. The molecule has 0 atom stereocenters. The molecule has 0 spiro atoms. The van der Waals surface area contributed by atoms with E-state index in [1.807, 2.05) is 30.5 Å². The van der Waals surface area contributed by atoms with Crippen LogP contribution >= 0.6 is 0 Å². The Morgan fingerprint density at radius 2 is 1.45 bits per heavy atom. The highest BCUT2D eigenvalue weighted by molar-refractivity contribution is 5.91. The monoisotopic (exact) mass is 527 g/mol. The molecule has 3 nitrogen and oxygen atoms in total. The average molecular weight is 528 g/mol. The Balaban J connectivity index is 1.30. The van der Waals surface area contributed by atoms with Crippen molar-refractivity contribution in [2.24, 2.45) is 22.7 Å². The summed E-state index contributed by atoms with van der Waals surface area (Å²) in [4.78, 5) is 5.01. The van der Waals surface area contributed by atoms with Crippen LogP contribution in [-0.2, 0) is 5.41 Å². The fraction of sp³-hybridized carbons (Fsp3) is 0.324. The van der Waals surface area contributed by atoms with Crippen LogP contribution in [0.15, 0.2) is 89.9 Å². The van der Waals surface area contributed by atoms with Crippen LogP contribution < -0.4 is 4.74 Å². The van der Waals surface area contributed by atoms with E-state index in [9.17, 15) is 5.11 Å². The number of aryl methyl sites for hydroxylation is 1. The lowest BCUT2D eigenvalue weighted by Gasteiger charge is -2.57. The third-order valence-electron chi connectivity index (χ3n) is 9.74. The van der Waals surface area contributed by atoms with Crippen LogP contribution in [0.1, 0.15) is 55.2 Å². The molecule has 0 heterocycles. The standard InChI is InChI=1S/C37H37NO2/c1-24-14-30(36(39)33(15-24)37-20-25-16-26(21-37)18-27(17-25)22-37)23-38-34-13-12-29(28-8-4-3-5-9-28)19-32(34)31-10-6-7-11-35(31)40-2/h3-15,19,23,25-27,39H,16-18,20-22H2,1-2H3. The second-order valence-corrected chi connectivity index (χ2v) is 12.5. The van der Waals surface area contributed by atoms with Crippen LogP contribution in [0, 0.1) is 24.7 Å². The van der Waals surface area contributed by atoms with Gasteiger partial charge in [0.1, 0.15) is 11.5 Å². The summed E-state index contributed by atoms with van der Waals surface area (Å²) in [6, 6.07) is 29.2. The van der Waals surface area contributed by atoms with Gasteiger partial charge in [0, 0.05) is 28.5 Å². The minimum atomic E-state index is 0.132. The van der Waals surface area contributed by atoms with Crippen molar-refractivity contribution in [3.05, 3.63) is 102 Å². The highest BCUT2D eigenvalue weighted by Gasteiger charge is 2.52. The fourth-order valence-corrected chi connectivity index (χ4v) is 8.43. The Morgan fingerprint density at radius 3 is 2.15 bits per heavy atom. The first kappa shape index (κ1) is 25.1. The third-order valence-corrected chi connectivity index (χ3v) is 9.74. The zero-order valence-electron chi connectivity index (χ0n) is 23.4. The third kappa shape index (κ3) is 4.42. The van der Waals surface area contributed by atoms with Crippen molar-refractivity contribution in [3.8, 4) is 33.8 Å². The van der Waals surface area contributed by atoms with Crippen LogP contribution in [-0.4, -0.2) is 18.4 Å². The lowest BCUT2D eigenvalue weighted by molar-refractivity contribution is -0.00616. The molecule has 4 saturated carbocycles. The van der Waals surface area contributed by atoms with Gasteiger partial charge in [-0.25, -0.2) is 0 Å². The maximum Gasteiger partial charge on any atom is 0.128 e. The summed E-state index contributed by atoms with van der Waals surface area (Å²) in [5, 5.41) is 11.7. The largest absolute Gasteiger partial charge is 0.507 e. The van der Waals surface area contributed by atoms with Crippen LogP contribution in [0.25, 0.3) is 22.3 Å². The lowest BCUT2D eigenvalue weighted by atomic mass is 9.48. The predicted octanol–water partition coefficient (Wildman–Crippen LogP) is 9.26. The molecule has 1 N–H and O–H groups in total. The van der Waals surface area contributed by atoms with Gasteiger partial charge in [0.05, 0.1) is 12.8 Å². The SMILES string of the molecule is COc1ccccc1-c1cc(-c2ccccc2)ccc1N=Cc1cc(C)cc(C23CC4CC(CC(C4)C2)C3)c1O. The summed E-state index contributed by atoms with van der Waals surface area (Å²) in [5.41, 5.74) is 8.43. The van der Waals surface area contributed by atoms with Gasteiger partial charge in [0.15, 0.2) is 0 Å². The zero-order chi connectivity index (χ0) is 27.3. The smallest absolute Gasteiger partial charge is 0.128 e. The first-order valence-corrected chi connectivity index (χ1v) is 14.7. The zero-order valence-corrected chi connectivity index (χ0v) is 23.4. The molecule has 40 heavy (non-hydrogen) atoms. The minimum absolute atomic E-state index is 0.132. The summed E-state index contributed by atoms with van der Waals surface area (Å²) in [7, 11) is 1.71. The molecule has 202 valence electrons. The van der Waals surface area contributed by atoms with Gasteiger partial charge >= 0.3 is 0 Å². The van der Waals surface area contributed by atoms with Gasteiger partial charge in [-0.3, -0.25) is 4.99 Å². The summed E-state index contributed by atoms with van der Waals surface area (Å²) < 4.78 is 5.74.